The number of hydrogen-bond acceptors (Lipinski definition) is 1. The van der Waals surface area contributed by atoms with E-state index in [9.17, 15) is 13.2 Å². The largest absolute Gasteiger partial charge is 0.416 e. The fourth-order valence-corrected chi connectivity index (χ4v) is 3.58. The maximum Gasteiger partial charge on any atom is 0.416 e. The Balaban J connectivity index is 1.68. The third kappa shape index (κ3) is 3.12. The number of aryl methyl sites for hydroxylation is 2. The molecule has 0 aliphatic heterocycles. The van der Waals surface area contributed by atoms with Crippen LogP contribution in [0.25, 0.3) is 10.8 Å². The molecule has 138 valence electrons. The summed E-state index contributed by atoms with van der Waals surface area (Å²) in [5, 5.41) is 2.37. The van der Waals surface area contributed by atoms with Crippen LogP contribution in [-0.4, -0.2) is 13.0 Å². The number of nitrogens with two attached hydrogens (primary N) is 1. The van der Waals surface area contributed by atoms with E-state index < -0.39 is 11.7 Å². The first kappa shape index (κ1) is 17.4. The molecule has 1 aliphatic rings. The summed E-state index contributed by atoms with van der Waals surface area (Å²) in [5.74, 6) is 0.216. The summed E-state index contributed by atoms with van der Waals surface area (Å²) in [6.45, 7) is 0. The summed E-state index contributed by atoms with van der Waals surface area (Å²) in [6, 6.07) is 15.0. The third-order valence-corrected chi connectivity index (χ3v) is 5.00. The van der Waals surface area contributed by atoms with Crippen LogP contribution in [0, 0.1) is 0 Å². The molecule has 0 radical (unpaired) electrons. The maximum atomic E-state index is 12.7. The van der Waals surface area contributed by atoms with Crippen molar-refractivity contribution in [2.75, 3.05) is 11.9 Å². The molecule has 3 nitrogen and oxygen atoms in total. The maximum absolute atomic E-state index is 12.7. The predicted molar refractivity (Wildman–Crippen MR) is 102 cm³/mol. The van der Waals surface area contributed by atoms with E-state index in [1.165, 1.54) is 28.6 Å². The number of nitrogens with zero attached hydrogens (tertiary/aromatic N) is 2. The molecule has 3 aromatic rings. The van der Waals surface area contributed by atoms with Crippen LogP contribution in [0.4, 0.5) is 24.5 Å². The van der Waals surface area contributed by atoms with Crippen molar-refractivity contribution in [3.8, 4) is 0 Å². The van der Waals surface area contributed by atoms with E-state index in [0.29, 0.717) is 5.69 Å². The molecule has 0 bridgehead atoms. The summed E-state index contributed by atoms with van der Waals surface area (Å²) >= 11 is 0. The van der Waals surface area contributed by atoms with Crippen molar-refractivity contribution in [1.29, 1.82) is 0 Å². The van der Waals surface area contributed by atoms with Gasteiger partial charge in [-0.25, -0.2) is 4.99 Å². The lowest BCUT2D eigenvalue weighted by Gasteiger charge is -2.21. The number of anilines is 1. The lowest BCUT2D eigenvalue weighted by Crippen LogP contribution is -2.33. The van der Waals surface area contributed by atoms with Crippen molar-refractivity contribution in [2.45, 2.75) is 19.0 Å². The Morgan fingerprint density at radius 3 is 2.30 bits per heavy atom. The molecular weight excluding hydrogens is 351 g/mol. The van der Waals surface area contributed by atoms with Crippen LogP contribution < -0.4 is 10.6 Å². The minimum absolute atomic E-state index is 0.216. The lowest BCUT2D eigenvalue weighted by molar-refractivity contribution is -0.137. The van der Waals surface area contributed by atoms with Gasteiger partial charge in [-0.3, -0.25) is 0 Å². The number of benzene rings is 3. The van der Waals surface area contributed by atoms with E-state index in [4.69, 9.17) is 5.73 Å². The molecule has 0 saturated carbocycles. The van der Waals surface area contributed by atoms with Gasteiger partial charge in [-0.2, -0.15) is 13.2 Å². The van der Waals surface area contributed by atoms with E-state index in [0.717, 1.165) is 36.0 Å². The molecule has 6 heteroatoms. The van der Waals surface area contributed by atoms with Gasteiger partial charge >= 0.3 is 6.18 Å². The first-order valence-corrected chi connectivity index (χ1v) is 8.63. The quantitative estimate of drug-likeness (QED) is 0.508. The van der Waals surface area contributed by atoms with Crippen LogP contribution in [0.2, 0.25) is 0 Å². The molecule has 0 aromatic heterocycles. The van der Waals surface area contributed by atoms with Crippen LogP contribution in [0.5, 0.6) is 0 Å². The van der Waals surface area contributed by atoms with Crippen molar-refractivity contribution in [2.24, 2.45) is 10.7 Å². The smallest absolute Gasteiger partial charge is 0.369 e. The number of alkyl halides is 3. The van der Waals surface area contributed by atoms with Gasteiger partial charge in [0.15, 0.2) is 0 Å². The first-order chi connectivity index (χ1) is 12.8. The van der Waals surface area contributed by atoms with E-state index in [1.807, 2.05) is 19.2 Å². The monoisotopic (exact) mass is 369 g/mol. The van der Waals surface area contributed by atoms with Crippen molar-refractivity contribution in [3.05, 3.63) is 71.3 Å². The van der Waals surface area contributed by atoms with Gasteiger partial charge in [-0.05, 0) is 59.7 Å². The zero-order chi connectivity index (χ0) is 19.2. The Kier molecular flexibility index (Phi) is 4.06. The van der Waals surface area contributed by atoms with Gasteiger partial charge in [-0.1, -0.05) is 24.3 Å². The SMILES string of the molecule is CN(C(N)=Nc1ccc(C(F)(F)F)cc1)c1ccc2c3c(cccc13)CC2. The average molecular weight is 369 g/mol. The standard InChI is InChI=1S/C21H18F3N3/c1-27(20(25)26-16-10-8-15(9-11-16)21(22,23)24)18-12-7-14-6-5-13-3-2-4-17(18)19(13)14/h2-4,7-12H,5-6H2,1H3,(H2,25,26). The van der Waals surface area contributed by atoms with Gasteiger partial charge in [0.1, 0.15) is 0 Å². The van der Waals surface area contributed by atoms with E-state index in [-0.39, 0.29) is 5.96 Å². The second-order valence-electron chi connectivity index (χ2n) is 6.66. The molecule has 0 heterocycles. The van der Waals surface area contributed by atoms with E-state index in [1.54, 1.807) is 4.90 Å². The van der Waals surface area contributed by atoms with Crippen molar-refractivity contribution < 1.29 is 13.2 Å². The minimum Gasteiger partial charge on any atom is -0.369 e. The van der Waals surface area contributed by atoms with Gasteiger partial charge in [0.2, 0.25) is 5.96 Å². The van der Waals surface area contributed by atoms with Crippen LogP contribution in [0.15, 0.2) is 59.6 Å². The number of rotatable bonds is 2. The zero-order valence-electron chi connectivity index (χ0n) is 14.7. The van der Waals surface area contributed by atoms with Crippen molar-refractivity contribution in [3.63, 3.8) is 0 Å². The molecule has 3 aromatic carbocycles. The average Bonchev–Trinajstić information content (AvgIpc) is 3.06. The zero-order valence-corrected chi connectivity index (χ0v) is 14.7. The van der Waals surface area contributed by atoms with Crippen LogP contribution in [0.3, 0.4) is 0 Å². The van der Waals surface area contributed by atoms with Crippen LogP contribution in [0.1, 0.15) is 16.7 Å². The Morgan fingerprint density at radius 1 is 0.963 bits per heavy atom. The van der Waals surface area contributed by atoms with Crippen molar-refractivity contribution >= 4 is 28.1 Å². The Morgan fingerprint density at radius 2 is 1.63 bits per heavy atom. The fourth-order valence-electron chi connectivity index (χ4n) is 3.58. The summed E-state index contributed by atoms with van der Waals surface area (Å²) in [4.78, 5) is 6.04. The number of hydrogen-bond donors (Lipinski definition) is 1. The third-order valence-electron chi connectivity index (χ3n) is 5.00. The molecule has 2 N–H and O–H groups in total. The highest BCUT2D eigenvalue weighted by Crippen LogP contribution is 2.36. The molecule has 0 unspecified atom stereocenters. The van der Waals surface area contributed by atoms with E-state index in [2.05, 4.69) is 23.2 Å². The predicted octanol–water partition coefficient (Wildman–Crippen LogP) is 5.04. The molecule has 0 amide bonds. The Hall–Kier alpha value is -3.02. The van der Waals surface area contributed by atoms with E-state index >= 15 is 0 Å². The molecule has 0 fully saturated rings. The summed E-state index contributed by atoms with van der Waals surface area (Å²) < 4.78 is 38.0. The summed E-state index contributed by atoms with van der Waals surface area (Å²) in [6.07, 6.45) is -2.29. The highest BCUT2D eigenvalue weighted by atomic mass is 19.4. The number of guanidine groups is 1. The van der Waals surface area contributed by atoms with Gasteiger partial charge in [-0.15, -0.1) is 0 Å². The van der Waals surface area contributed by atoms with Gasteiger partial charge < -0.3 is 10.6 Å². The normalized spacial score (nSPS) is 14.0. The second kappa shape index (κ2) is 6.30. The molecule has 4 rings (SSSR count). The molecular formula is C21H18F3N3. The number of aliphatic imine (C=N–C) groups is 1. The Bertz CT molecular complexity index is 1030. The number of halogens is 3. The Labute approximate surface area is 154 Å². The molecule has 0 atom stereocenters. The van der Waals surface area contributed by atoms with Crippen molar-refractivity contribution in [1.82, 2.24) is 0 Å². The van der Waals surface area contributed by atoms with Gasteiger partial charge in [0.25, 0.3) is 0 Å². The molecule has 27 heavy (non-hydrogen) atoms. The first-order valence-electron chi connectivity index (χ1n) is 8.63. The van der Waals surface area contributed by atoms with Gasteiger partial charge in [0.05, 0.1) is 16.9 Å². The fraction of sp³-hybridized carbons (Fsp3) is 0.190. The molecule has 0 spiro atoms. The topological polar surface area (TPSA) is 41.6 Å². The summed E-state index contributed by atoms with van der Waals surface area (Å²) in [7, 11) is 1.81. The minimum atomic E-state index is -4.37. The lowest BCUT2D eigenvalue weighted by atomic mass is 10.0. The van der Waals surface area contributed by atoms with Crippen LogP contribution in [-0.2, 0) is 19.0 Å². The highest BCUT2D eigenvalue weighted by molar-refractivity contribution is 6.07. The highest BCUT2D eigenvalue weighted by Gasteiger charge is 2.30. The molecule has 1 aliphatic carbocycles. The van der Waals surface area contributed by atoms with Crippen LogP contribution >= 0.6 is 0 Å². The van der Waals surface area contributed by atoms with Gasteiger partial charge in [0, 0.05) is 12.4 Å². The summed E-state index contributed by atoms with van der Waals surface area (Å²) in [5.41, 5.74) is 9.39. The second-order valence-corrected chi connectivity index (χ2v) is 6.66. The molecule has 0 saturated heterocycles.